The number of pyridine rings is 1. The first kappa shape index (κ1) is 14.2. The van der Waals surface area contributed by atoms with Crippen molar-refractivity contribution in [2.75, 3.05) is 13.1 Å². The Hall–Kier alpha value is -0.890. The van der Waals surface area contributed by atoms with Crippen LogP contribution in [0.15, 0.2) is 18.3 Å². The van der Waals surface area contributed by atoms with Crippen molar-refractivity contribution in [2.45, 2.75) is 40.5 Å². The standard InChI is InChI=1S/C15H26N2/c1-5-14-7-8-15(17-11-14)9-12(3)13(4)10-16-6-2/h7-8,11-13,16H,5-6,9-10H2,1-4H3. The SMILES string of the molecule is CCNCC(C)C(C)Cc1ccc(CC)cn1. The smallest absolute Gasteiger partial charge is 0.0406 e. The number of hydrogen-bond donors (Lipinski definition) is 1. The van der Waals surface area contributed by atoms with Gasteiger partial charge in [-0.3, -0.25) is 4.98 Å². The maximum absolute atomic E-state index is 4.53. The highest BCUT2D eigenvalue weighted by Gasteiger charge is 2.12. The van der Waals surface area contributed by atoms with Crippen LogP contribution < -0.4 is 5.32 Å². The number of aromatic nitrogens is 1. The highest BCUT2D eigenvalue weighted by molar-refractivity contribution is 5.14. The van der Waals surface area contributed by atoms with Crippen molar-refractivity contribution in [3.8, 4) is 0 Å². The van der Waals surface area contributed by atoms with Crippen LogP contribution in [0, 0.1) is 11.8 Å². The first-order chi connectivity index (χ1) is 8.17. The molecule has 0 aliphatic heterocycles. The molecule has 17 heavy (non-hydrogen) atoms. The molecule has 0 amide bonds. The molecule has 0 aromatic carbocycles. The Morgan fingerprint density at radius 2 is 1.94 bits per heavy atom. The second-order valence-corrected chi connectivity index (χ2v) is 4.98. The van der Waals surface area contributed by atoms with Crippen molar-refractivity contribution in [1.82, 2.24) is 10.3 Å². The Morgan fingerprint density at radius 1 is 1.18 bits per heavy atom. The number of rotatable bonds is 7. The summed E-state index contributed by atoms with van der Waals surface area (Å²) in [6.45, 7) is 11.1. The molecule has 0 bridgehead atoms. The van der Waals surface area contributed by atoms with Gasteiger partial charge in [-0.2, -0.15) is 0 Å². The largest absolute Gasteiger partial charge is 0.317 e. The first-order valence-electron chi connectivity index (χ1n) is 6.81. The van der Waals surface area contributed by atoms with Gasteiger partial charge in [0, 0.05) is 11.9 Å². The fourth-order valence-corrected chi connectivity index (χ4v) is 1.89. The summed E-state index contributed by atoms with van der Waals surface area (Å²) in [4.78, 5) is 4.53. The Balaban J connectivity index is 2.46. The number of hydrogen-bond acceptors (Lipinski definition) is 2. The average Bonchev–Trinajstić information content (AvgIpc) is 2.36. The van der Waals surface area contributed by atoms with Crippen molar-refractivity contribution in [1.29, 1.82) is 0 Å². The van der Waals surface area contributed by atoms with E-state index in [0.717, 1.165) is 25.9 Å². The maximum atomic E-state index is 4.53. The van der Waals surface area contributed by atoms with Crippen LogP contribution in [0.25, 0.3) is 0 Å². The van der Waals surface area contributed by atoms with E-state index in [1.165, 1.54) is 11.3 Å². The monoisotopic (exact) mass is 234 g/mol. The third-order valence-electron chi connectivity index (χ3n) is 3.51. The third kappa shape index (κ3) is 4.86. The third-order valence-corrected chi connectivity index (χ3v) is 3.51. The zero-order valence-electron chi connectivity index (χ0n) is 11.7. The van der Waals surface area contributed by atoms with E-state index >= 15 is 0 Å². The number of nitrogens with zero attached hydrogens (tertiary/aromatic N) is 1. The summed E-state index contributed by atoms with van der Waals surface area (Å²) in [5.41, 5.74) is 2.54. The topological polar surface area (TPSA) is 24.9 Å². The van der Waals surface area contributed by atoms with Crippen LogP contribution in [-0.2, 0) is 12.8 Å². The van der Waals surface area contributed by atoms with E-state index in [0.29, 0.717) is 11.8 Å². The number of aryl methyl sites for hydroxylation is 1. The number of nitrogens with one attached hydrogen (secondary N) is 1. The second-order valence-electron chi connectivity index (χ2n) is 4.98. The molecule has 2 atom stereocenters. The van der Waals surface area contributed by atoms with Gasteiger partial charge < -0.3 is 5.32 Å². The normalized spacial score (nSPS) is 14.6. The average molecular weight is 234 g/mol. The molecule has 0 saturated carbocycles. The molecule has 1 rings (SSSR count). The van der Waals surface area contributed by atoms with Crippen LogP contribution in [0.5, 0.6) is 0 Å². The zero-order chi connectivity index (χ0) is 12.7. The van der Waals surface area contributed by atoms with Gasteiger partial charge in [-0.05, 0) is 49.4 Å². The fraction of sp³-hybridized carbons (Fsp3) is 0.667. The van der Waals surface area contributed by atoms with Gasteiger partial charge in [-0.15, -0.1) is 0 Å². The summed E-state index contributed by atoms with van der Waals surface area (Å²) < 4.78 is 0. The Kier molecular flexibility index (Phi) is 6.20. The lowest BCUT2D eigenvalue weighted by Gasteiger charge is -2.19. The fourth-order valence-electron chi connectivity index (χ4n) is 1.89. The van der Waals surface area contributed by atoms with E-state index in [1.807, 2.05) is 6.20 Å². The lowest BCUT2D eigenvalue weighted by Crippen LogP contribution is -2.26. The minimum absolute atomic E-state index is 0.675. The van der Waals surface area contributed by atoms with Crippen LogP contribution in [0.1, 0.15) is 39.0 Å². The van der Waals surface area contributed by atoms with Crippen molar-refractivity contribution >= 4 is 0 Å². The van der Waals surface area contributed by atoms with Crippen LogP contribution in [-0.4, -0.2) is 18.1 Å². The molecule has 2 heteroatoms. The van der Waals surface area contributed by atoms with Gasteiger partial charge in [0.2, 0.25) is 0 Å². The van der Waals surface area contributed by atoms with Crippen LogP contribution >= 0.6 is 0 Å². The van der Waals surface area contributed by atoms with E-state index < -0.39 is 0 Å². The molecule has 0 fully saturated rings. The lowest BCUT2D eigenvalue weighted by atomic mass is 9.91. The van der Waals surface area contributed by atoms with Crippen molar-refractivity contribution in [3.05, 3.63) is 29.6 Å². The zero-order valence-corrected chi connectivity index (χ0v) is 11.7. The predicted octanol–water partition coefficient (Wildman–Crippen LogP) is 3.07. The molecular formula is C15H26N2. The Morgan fingerprint density at radius 3 is 2.47 bits per heavy atom. The molecule has 96 valence electrons. The molecule has 1 N–H and O–H groups in total. The summed E-state index contributed by atoms with van der Waals surface area (Å²) in [6.07, 6.45) is 4.16. The van der Waals surface area contributed by atoms with Crippen molar-refractivity contribution in [2.24, 2.45) is 11.8 Å². The van der Waals surface area contributed by atoms with E-state index in [1.54, 1.807) is 0 Å². The van der Waals surface area contributed by atoms with Gasteiger partial charge in [0.15, 0.2) is 0 Å². The van der Waals surface area contributed by atoms with Gasteiger partial charge in [-0.1, -0.05) is 33.8 Å². The molecule has 1 aromatic heterocycles. The summed E-state index contributed by atoms with van der Waals surface area (Å²) in [5, 5.41) is 3.41. The molecule has 1 aromatic rings. The highest BCUT2D eigenvalue weighted by atomic mass is 14.8. The van der Waals surface area contributed by atoms with Gasteiger partial charge in [0.25, 0.3) is 0 Å². The van der Waals surface area contributed by atoms with Gasteiger partial charge in [0.05, 0.1) is 0 Å². The van der Waals surface area contributed by atoms with Crippen molar-refractivity contribution < 1.29 is 0 Å². The summed E-state index contributed by atoms with van der Waals surface area (Å²) in [5.74, 6) is 1.37. The first-order valence-corrected chi connectivity index (χ1v) is 6.81. The second kappa shape index (κ2) is 7.44. The molecule has 2 unspecified atom stereocenters. The molecule has 0 aliphatic carbocycles. The molecule has 0 spiro atoms. The Bertz CT molecular complexity index is 305. The van der Waals surface area contributed by atoms with Gasteiger partial charge in [0.1, 0.15) is 0 Å². The molecule has 2 nitrogen and oxygen atoms in total. The molecule has 0 saturated heterocycles. The van der Waals surface area contributed by atoms with E-state index in [4.69, 9.17) is 0 Å². The van der Waals surface area contributed by atoms with Gasteiger partial charge in [-0.25, -0.2) is 0 Å². The molecule has 0 radical (unpaired) electrons. The minimum atomic E-state index is 0.675. The molecule has 0 aliphatic rings. The summed E-state index contributed by atoms with van der Waals surface area (Å²) in [6, 6.07) is 4.37. The predicted molar refractivity (Wildman–Crippen MR) is 74.2 cm³/mol. The van der Waals surface area contributed by atoms with Crippen LogP contribution in [0.3, 0.4) is 0 Å². The summed E-state index contributed by atoms with van der Waals surface area (Å²) >= 11 is 0. The van der Waals surface area contributed by atoms with E-state index in [9.17, 15) is 0 Å². The van der Waals surface area contributed by atoms with Crippen LogP contribution in [0.2, 0.25) is 0 Å². The lowest BCUT2D eigenvalue weighted by molar-refractivity contribution is 0.365. The van der Waals surface area contributed by atoms with Crippen molar-refractivity contribution in [3.63, 3.8) is 0 Å². The minimum Gasteiger partial charge on any atom is -0.317 e. The van der Waals surface area contributed by atoms with Crippen LogP contribution in [0.4, 0.5) is 0 Å². The maximum Gasteiger partial charge on any atom is 0.0406 e. The Labute approximate surface area is 106 Å². The van der Waals surface area contributed by atoms with Gasteiger partial charge >= 0.3 is 0 Å². The molecular weight excluding hydrogens is 208 g/mol. The van der Waals surface area contributed by atoms with E-state index in [-0.39, 0.29) is 0 Å². The molecule has 1 heterocycles. The highest BCUT2D eigenvalue weighted by Crippen LogP contribution is 2.15. The van der Waals surface area contributed by atoms with E-state index in [2.05, 4.69) is 50.1 Å². The quantitative estimate of drug-likeness (QED) is 0.784. The summed E-state index contributed by atoms with van der Waals surface area (Å²) in [7, 11) is 0.